The summed E-state index contributed by atoms with van der Waals surface area (Å²) in [5.41, 5.74) is 2.51. The lowest BCUT2D eigenvalue weighted by Gasteiger charge is -2.26. The van der Waals surface area contributed by atoms with E-state index in [2.05, 4.69) is 19.1 Å². The maximum absolute atomic E-state index is 13.9. The molecule has 0 unspecified atom stereocenters. The van der Waals surface area contributed by atoms with E-state index in [0.717, 1.165) is 12.8 Å². The van der Waals surface area contributed by atoms with Crippen LogP contribution in [-0.2, 0) is 0 Å². The Labute approximate surface area is 124 Å². The van der Waals surface area contributed by atoms with E-state index in [9.17, 15) is 9.18 Å². The molecule has 0 spiro atoms. The molecule has 0 aliphatic carbocycles. The van der Waals surface area contributed by atoms with Crippen molar-refractivity contribution < 1.29 is 9.18 Å². The number of carbonyl (C=O) groups is 1. The zero-order chi connectivity index (χ0) is 14.8. The molecule has 2 nitrogen and oxygen atoms in total. The molecule has 0 N–H and O–H groups in total. The molecule has 21 heavy (non-hydrogen) atoms. The van der Waals surface area contributed by atoms with E-state index in [-0.39, 0.29) is 17.5 Å². The SMILES string of the molecule is Cc1ccccc1[C@@H]1CCCN1C(=O)c1ccccc1F. The summed E-state index contributed by atoms with van der Waals surface area (Å²) < 4.78 is 13.9. The van der Waals surface area contributed by atoms with Gasteiger partial charge in [0.25, 0.3) is 5.91 Å². The molecule has 2 aromatic carbocycles. The van der Waals surface area contributed by atoms with Crippen molar-refractivity contribution in [3.63, 3.8) is 0 Å². The summed E-state index contributed by atoms with van der Waals surface area (Å²) in [6.07, 6.45) is 1.89. The number of benzene rings is 2. The molecule has 1 aliphatic heterocycles. The summed E-state index contributed by atoms with van der Waals surface area (Å²) in [5, 5.41) is 0. The quantitative estimate of drug-likeness (QED) is 0.812. The maximum Gasteiger partial charge on any atom is 0.257 e. The van der Waals surface area contributed by atoms with E-state index in [1.165, 1.54) is 17.2 Å². The number of likely N-dealkylation sites (tertiary alicyclic amines) is 1. The number of hydrogen-bond donors (Lipinski definition) is 0. The molecule has 1 aliphatic rings. The van der Waals surface area contributed by atoms with Crippen molar-refractivity contribution in [1.29, 1.82) is 0 Å². The van der Waals surface area contributed by atoms with Gasteiger partial charge in [-0.2, -0.15) is 0 Å². The lowest BCUT2D eigenvalue weighted by Crippen LogP contribution is -2.31. The van der Waals surface area contributed by atoms with Crippen LogP contribution in [0.1, 0.15) is 40.4 Å². The number of amides is 1. The third-order valence-corrected chi connectivity index (χ3v) is 4.17. The van der Waals surface area contributed by atoms with Crippen LogP contribution in [0.15, 0.2) is 48.5 Å². The minimum atomic E-state index is -0.446. The van der Waals surface area contributed by atoms with Crippen molar-refractivity contribution in [2.75, 3.05) is 6.54 Å². The van der Waals surface area contributed by atoms with Gasteiger partial charge in [0.2, 0.25) is 0 Å². The van der Waals surface area contributed by atoms with Gasteiger partial charge in [-0.3, -0.25) is 4.79 Å². The topological polar surface area (TPSA) is 20.3 Å². The van der Waals surface area contributed by atoms with Crippen molar-refractivity contribution in [2.45, 2.75) is 25.8 Å². The number of nitrogens with zero attached hydrogens (tertiary/aromatic N) is 1. The number of hydrogen-bond acceptors (Lipinski definition) is 1. The third kappa shape index (κ3) is 2.56. The zero-order valence-electron chi connectivity index (χ0n) is 12.1. The largest absolute Gasteiger partial charge is 0.332 e. The van der Waals surface area contributed by atoms with Crippen molar-refractivity contribution in [3.05, 3.63) is 71.0 Å². The Balaban J connectivity index is 1.93. The summed E-state index contributed by atoms with van der Waals surface area (Å²) in [7, 11) is 0. The first-order valence-corrected chi connectivity index (χ1v) is 7.29. The first kappa shape index (κ1) is 13.8. The molecule has 2 aromatic rings. The second-order valence-electron chi connectivity index (χ2n) is 5.49. The second kappa shape index (κ2) is 5.68. The Morgan fingerprint density at radius 2 is 1.86 bits per heavy atom. The van der Waals surface area contributed by atoms with Crippen molar-refractivity contribution in [1.82, 2.24) is 4.90 Å². The number of carbonyl (C=O) groups excluding carboxylic acids is 1. The monoisotopic (exact) mass is 283 g/mol. The lowest BCUT2D eigenvalue weighted by atomic mass is 9.99. The number of rotatable bonds is 2. The molecule has 1 amide bonds. The Kier molecular flexibility index (Phi) is 3.74. The average molecular weight is 283 g/mol. The predicted octanol–water partition coefficient (Wildman–Crippen LogP) is 4.11. The first-order valence-electron chi connectivity index (χ1n) is 7.29. The van der Waals surface area contributed by atoms with Crippen molar-refractivity contribution in [3.8, 4) is 0 Å². The van der Waals surface area contributed by atoms with Crippen LogP contribution in [0.2, 0.25) is 0 Å². The minimum Gasteiger partial charge on any atom is -0.332 e. The summed E-state index contributed by atoms with van der Waals surface area (Å²) >= 11 is 0. The Hall–Kier alpha value is -2.16. The lowest BCUT2D eigenvalue weighted by molar-refractivity contribution is 0.0730. The van der Waals surface area contributed by atoms with Gasteiger partial charge in [0, 0.05) is 6.54 Å². The van der Waals surface area contributed by atoms with E-state index < -0.39 is 5.82 Å². The van der Waals surface area contributed by atoms with E-state index >= 15 is 0 Å². The van der Waals surface area contributed by atoms with Crippen LogP contribution < -0.4 is 0 Å². The highest BCUT2D eigenvalue weighted by Gasteiger charge is 2.32. The minimum absolute atomic E-state index is 0.0540. The molecule has 0 bridgehead atoms. The standard InChI is InChI=1S/C18H18FNO/c1-13-7-2-3-8-14(13)17-11-6-12-20(17)18(21)15-9-4-5-10-16(15)19/h2-5,7-10,17H,6,11-12H2,1H3/t17-/m0/s1. The van der Waals surface area contributed by atoms with Gasteiger partial charge in [-0.1, -0.05) is 36.4 Å². The van der Waals surface area contributed by atoms with E-state index in [4.69, 9.17) is 0 Å². The molecule has 1 saturated heterocycles. The Bertz CT molecular complexity index is 668. The zero-order valence-corrected chi connectivity index (χ0v) is 12.1. The molecule has 1 atom stereocenters. The summed E-state index contributed by atoms with van der Waals surface area (Å²) in [6.45, 7) is 2.74. The number of aryl methyl sites for hydroxylation is 1. The van der Waals surface area contributed by atoms with Gasteiger partial charge in [-0.15, -0.1) is 0 Å². The molecular formula is C18H18FNO. The van der Waals surface area contributed by atoms with E-state index in [1.807, 2.05) is 12.1 Å². The van der Waals surface area contributed by atoms with Gasteiger partial charge in [0.05, 0.1) is 11.6 Å². The molecule has 1 heterocycles. The van der Waals surface area contributed by atoms with Crippen LogP contribution in [0.3, 0.4) is 0 Å². The normalized spacial score (nSPS) is 18.0. The summed E-state index contributed by atoms with van der Waals surface area (Å²) in [4.78, 5) is 14.5. The molecule has 3 heteroatoms. The van der Waals surface area contributed by atoms with Crippen LogP contribution in [0, 0.1) is 12.7 Å². The molecule has 1 fully saturated rings. The fraction of sp³-hybridized carbons (Fsp3) is 0.278. The number of halogens is 1. The van der Waals surface area contributed by atoms with E-state index in [1.54, 1.807) is 23.1 Å². The molecule has 0 aromatic heterocycles. The van der Waals surface area contributed by atoms with Crippen LogP contribution in [0.4, 0.5) is 4.39 Å². The smallest absolute Gasteiger partial charge is 0.257 e. The molecule has 0 saturated carbocycles. The fourth-order valence-corrected chi connectivity index (χ4v) is 3.08. The molecule has 0 radical (unpaired) electrons. The van der Waals surface area contributed by atoms with Crippen LogP contribution in [0.5, 0.6) is 0 Å². The Morgan fingerprint density at radius 1 is 1.14 bits per heavy atom. The molecule has 3 rings (SSSR count). The average Bonchev–Trinajstić information content (AvgIpc) is 2.97. The van der Waals surface area contributed by atoms with Crippen LogP contribution in [0.25, 0.3) is 0 Å². The van der Waals surface area contributed by atoms with Crippen molar-refractivity contribution >= 4 is 5.91 Å². The van der Waals surface area contributed by atoms with Gasteiger partial charge in [0.1, 0.15) is 5.82 Å². The van der Waals surface area contributed by atoms with Gasteiger partial charge in [0.15, 0.2) is 0 Å². The van der Waals surface area contributed by atoms with Gasteiger partial charge >= 0.3 is 0 Å². The maximum atomic E-state index is 13.9. The van der Waals surface area contributed by atoms with Crippen LogP contribution >= 0.6 is 0 Å². The highest BCUT2D eigenvalue weighted by molar-refractivity contribution is 5.95. The van der Waals surface area contributed by atoms with E-state index in [0.29, 0.717) is 6.54 Å². The van der Waals surface area contributed by atoms with Gasteiger partial charge in [-0.05, 0) is 43.0 Å². The predicted molar refractivity (Wildman–Crippen MR) is 80.6 cm³/mol. The Morgan fingerprint density at radius 3 is 2.62 bits per heavy atom. The van der Waals surface area contributed by atoms with Crippen molar-refractivity contribution in [2.24, 2.45) is 0 Å². The molecular weight excluding hydrogens is 265 g/mol. The second-order valence-corrected chi connectivity index (χ2v) is 5.49. The van der Waals surface area contributed by atoms with Crippen LogP contribution in [-0.4, -0.2) is 17.4 Å². The van der Waals surface area contributed by atoms with Gasteiger partial charge in [-0.25, -0.2) is 4.39 Å². The molecule has 108 valence electrons. The summed E-state index contributed by atoms with van der Waals surface area (Å²) in [5.74, 6) is -0.656. The third-order valence-electron chi connectivity index (χ3n) is 4.17. The summed E-state index contributed by atoms with van der Waals surface area (Å²) in [6, 6.07) is 14.4. The van der Waals surface area contributed by atoms with Gasteiger partial charge < -0.3 is 4.90 Å². The highest BCUT2D eigenvalue weighted by Crippen LogP contribution is 2.34. The highest BCUT2D eigenvalue weighted by atomic mass is 19.1. The fourth-order valence-electron chi connectivity index (χ4n) is 3.08. The first-order chi connectivity index (χ1) is 10.2.